The van der Waals surface area contributed by atoms with Crippen LogP contribution in [0.15, 0.2) is 23.8 Å². The predicted molar refractivity (Wildman–Crippen MR) is 89.1 cm³/mol. The lowest BCUT2D eigenvalue weighted by atomic mass is 9.67. The van der Waals surface area contributed by atoms with Crippen molar-refractivity contribution in [3.63, 3.8) is 0 Å². The zero-order valence-corrected chi connectivity index (χ0v) is 13.6. The Balaban J connectivity index is 1.40. The van der Waals surface area contributed by atoms with Crippen molar-refractivity contribution in [1.29, 1.82) is 0 Å². The Hall–Kier alpha value is -0.560. The van der Waals surface area contributed by atoms with Gasteiger partial charge < -0.3 is 5.32 Å². The van der Waals surface area contributed by atoms with Gasteiger partial charge in [-0.15, -0.1) is 0 Å². The van der Waals surface area contributed by atoms with E-state index in [1.807, 2.05) is 0 Å². The Morgan fingerprint density at radius 1 is 1.19 bits per heavy atom. The van der Waals surface area contributed by atoms with E-state index in [0.29, 0.717) is 0 Å². The molecule has 6 unspecified atom stereocenters. The third-order valence-electron chi connectivity index (χ3n) is 7.07. The first-order valence-electron chi connectivity index (χ1n) is 9.39. The molecule has 0 aromatic carbocycles. The van der Waals surface area contributed by atoms with Crippen molar-refractivity contribution in [1.82, 2.24) is 5.32 Å². The normalized spacial score (nSPS) is 45.3. The number of hydrogen-bond donors (Lipinski definition) is 1. The molecule has 1 heterocycles. The maximum atomic E-state index is 3.84. The number of nitrogens with one attached hydrogen (secondary N) is 1. The molecule has 0 bridgehead atoms. The summed E-state index contributed by atoms with van der Waals surface area (Å²) in [6.45, 7) is 3.82. The van der Waals surface area contributed by atoms with Crippen LogP contribution >= 0.6 is 0 Å². The van der Waals surface area contributed by atoms with E-state index in [1.165, 1.54) is 57.9 Å². The standard InChI is InChI=1S/C20H31N/c1-14-11-17-12-16-7-4-10-21-20(16)13-19(17)18(14)9-8-15-5-2-3-6-15/h2-3,5,14,16-21H,4,6-13H2,1H3. The second-order valence-corrected chi connectivity index (χ2v) is 8.23. The molecule has 1 aliphatic heterocycles. The van der Waals surface area contributed by atoms with Gasteiger partial charge in [0.25, 0.3) is 0 Å². The molecule has 3 aliphatic carbocycles. The van der Waals surface area contributed by atoms with Gasteiger partial charge in [0.05, 0.1) is 0 Å². The third-order valence-corrected chi connectivity index (χ3v) is 7.07. The van der Waals surface area contributed by atoms with Gasteiger partial charge in [0.1, 0.15) is 0 Å². The molecule has 1 N–H and O–H groups in total. The SMILES string of the molecule is CC1CC2CC3CCCNC3CC2C1CCC1=CC=CC1. The fourth-order valence-corrected chi connectivity index (χ4v) is 6.02. The molecule has 2 saturated carbocycles. The van der Waals surface area contributed by atoms with Gasteiger partial charge in [-0.1, -0.05) is 30.7 Å². The van der Waals surface area contributed by atoms with Crippen molar-refractivity contribution in [3.05, 3.63) is 23.8 Å². The van der Waals surface area contributed by atoms with Gasteiger partial charge in [0.15, 0.2) is 0 Å². The Labute approximate surface area is 130 Å². The van der Waals surface area contributed by atoms with Crippen LogP contribution < -0.4 is 5.32 Å². The highest BCUT2D eigenvalue weighted by molar-refractivity contribution is 5.22. The molecular formula is C20H31N. The van der Waals surface area contributed by atoms with Crippen LogP contribution in [0.3, 0.4) is 0 Å². The molecular weight excluding hydrogens is 254 g/mol. The summed E-state index contributed by atoms with van der Waals surface area (Å²) < 4.78 is 0. The van der Waals surface area contributed by atoms with Crippen molar-refractivity contribution in [2.75, 3.05) is 6.54 Å². The number of hydrogen-bond acceptors (Lipinski definition) is 1. The van der Waals surface area contributed by atoms with Crippen LogP contribution in [0.25, 0.3) is 0 Å². The first-order valence-corrected chi connectivity index (χ1v) is 9.39. The molecule has 6 atom stereocenters. The number of piperidine rings is 1. The van der Waals surface area contributed by atoms with E-state index in [1.54, 1.807) is 5.57 Å². The predicted octanol–water partition coefficient (Wildman–Crippen LogP) is 4.70. The quantitative estimate of drug-likeness (QED) is 0.792. The van der Waals surface area contributed by atoms with E-state index in [0.717, 1.165) is 35.6 Å². The Morgan fingerprint density at radius 2 is 2.14 bits per heavy atom. The maximum Gasteiger partial charge on any atom is 0.00982 e. The van der Waals surface area contributed by atoms with E-state index < -0.39 is 0 Å². The van der Waals surface area contributed by atoms with Gasteiger partial charge in [-0.3, -0.25) is 0 Å². The largest absolute Gasteiger partial charge is 0.314 e. The van der Waals surface area contributed by atoms with Gasteiger partial charge in [-0.05, 0) is 87.5 Å². The molecule has 4 rings (SSSR count). The minimum atomic E-state index is 0.861. The highest BCUT2D eigenvalue weighted by atomic mass is 14.9. The van der Waals surface area contributed by atoms with Crippen LogP contribution in [0.1, 0.15) is 58.3 Å². The topological polar surface area (TPSA) is 12.0 Å². The zero-order chi connectivity index (χ0) is 14.2. The molecule has 0 radical (unpaired) electrons. The summed E-state index contributed by atoms with van der Waals surface area (Å²) in [5, 5.41) is 3.84. The summed E-state index contributed by atoms with van der Waals surface area (Å²) in [5.41, 5.74) is 1.68. The van der Waals surface area contributed by atoms with Crippen LogP contribution in [0, 0.1) is 29.6 Å². The lowest BCUT2D eigenvalue weighted by Crippen LogP contribution is -2.47. The summed E-state index contributed by atoms with van der Waals surface area (Å²) >= 11 is 0. The zero-order valence-electron chi connectivity index (χ0n) is 13.6. The second-order valence-electron chi connectivity index (χ2n) is 8.23. The highest BCUT2D eigenvalue weighted by Gasteiger charge is 2.47. The van der Waals surface area contributed by atoms with E-state index in [2.05, 4.69) is 30.5 Å². The lowest BCUT2D eigenvalue weighted by molar-refractivity contribution is 0.104. The fourth-order valence-electron chi connectivity index (χ4n) is 6.02. The molecule has 0 aromatic rings. The van der Waals surface area contributed by atoms with E-state index >= 15 is 0 Å². The van der Waals surface area contributed by atoms with Crippen molar-refractivity contribution in [2.24, 2.45) is 29.6 Å². The monoisotopic (exact) mass is 285 g/mol. The number of rotatable bonds is 3. The summed E-state index contributed by atoms with van der Waals surface area (Å²) in [7, 11) is 0. The van der Waals surface area contributed by atoms with Gasteiger partial charge in [0.2, 0.25) is 0 Å². The minimum Gasteiger partial charge on any atom is -0.314 e. The van der Waals surface area contributed by atoms with E-state index in [9.17, 15) is 0 Å². The third kappa shape index (κ3) is 2.74. The van der Waals surface area contributed by atoms with Crippen molar-refractivity contribution >= 4 is 0 Å². The van der Waals surface area contributed by atoms with Crippen LogP contribution in [-0.4, -0.2) is 12.6 Å². The average Bonchev–Trinajstić information content (AvgIpc) is 3.10. The first-order chi connectivity index (χ1) is 10.3. The number of allylic oxidation sites excluding steroid dienone is 4. The average molecular weight is 285 g/mol. The van der Waals surface area contributed by atoms with Crippen molar-refractivity contribution < 1.29 is 0 Å². The summed E-state index contributed by atoms with van der Waals surface area (Å²) in [6.07, 6.45) is 18.4. The van der Waals surface area contributed by atoms with Crippen LogP contribution in [0.4, 0.5) is 0 Å². The fraction of sp³-hybridized carbons (Fsp3) is 0.800. The van der Waals surface area contributed by atoms with Crippen LogP contribution in [0.2, 0.25) is 0 Å². The maximum absolute atomic E-state index is 3.84. The Kier molecular flexibility index (Phi) is 3.96. The van der Waals surface area contributed by atoms with Gasteiger partial charge in [0, 0.05) is 6.04 Å². The molecule has 4 aliphatic rings. The van der Waals surface area contributed by atoms with E-state index in [-0.39, 0.29) is 0 Å². The van der Waals surface area contributed by atoms with Crippen molar-refractivity contribution in [2.45, 2.75) is 64.3 Å². The van der Waals surface area contributed by atoms with Gasteiger partial charge in [-0.25, -0.2) is 0 Å². The molecule has 1 nitrogen and oxygen atoms in total. The highest BCUT2D eigenvalue weighted by Crippen LogP contribution is 2.53. The molecule has 0 spiro atoms. The molecule has 1 saturated heterocycles. The smallest absolute Gasteiger partial charge is 0.00982 e. The van der Waals surface area contributed by atoms with Gasteiger partial charge in [-0.2, -0.15) is 0 Å². The number of fused-ring (bicyclic) bond motifs is 2. The Morgan fingerprint density at radius 3 is 3.00 bits per heavy atom. The molecule has 3 fully saturated rings. The second kappa shape index (κ2) is 5.91. The molecule has 0 amide bonds. The summed E-state index contributed by atoms with van der Waals surface area (Å²) in [4.78, 5) is 0. The first kappa shape index (κ1) is 14.1. The van der Waals surface area contributed by atoms with Crippen LogP contribution in [0.5, 0.6) is 0 Å². The molecule has 0 aromatic heterocycles. The van der Waals surface area contributed by atoms with Crippen LogP contribution in [-0.2, 0) is 0 Å². The van der Waals surface area contributed by atoms with Crippen molar-refractivity contribution in [3.8, 4) is 0 Å². The molecule has 21 heavy (non-hydrogen) atoms. The van der Waals surface area contributed by atoms with E-state index in [4.69, 9.17) is 0 Å². The lowest BCUT2D eigenvalue weighted by Gasteiger charge is -2.43. The summed E-state index contributed by atoms with van der Waals surface area (Å²) in [6, 6.07) is 0.861. The molecule has 1 heteroatoms. The molecule has 116 valence electrons. The summed E-state index contributed by atoms with van der Waals surface area (Å²) in [5.74, 6) is 5.06. The Bertz CT molecular complexity index is 435. The minimum absolute atomic E-state index is 0.861. The van der Waals surface area contributed by atoms with Gasteiger partial charge >= 0.3 is 0 Å².